The maximum Gasteiger partial charge on any atom is 0.308 e. The standard InChI is InChI=1S/C15H27NO2/c1-16(11-12-7-3-2-4-8-12)14-10-6-5-9-13(14)15(17)18/h12-14H,2-11H2,1H3,(H,17,18). The van der Waals surface area contributed by atoms with Crippen molar-refractivity contribution in [2.24, 2.45) is 11.8 Å². The SMILES string of the molecule is CN(CC1CCCCC1)C1CCCCC1C(=O)O. The fraction of sp³-hybridized carbons (Fsp3) is 0.933. The Hall–Kier alpha value is -0.570. The van der Waals surface area contributed by atoms with E-state index in [2.05, 4.69) is 11.9 Å². The molecule has 2 rings (SSSR count). The summed E-state index contributed by atoms with van der Waals surface area (Å²) in [5.74, 6) is 0.0858. The van der Waals surface area contributed by atoms with Gasteiger partial charge in [-0.1, -0.05) is 32.1 Å². The highest BCUT2D eigenvalue weighted by atomic mass is 16.4. The Kier molecular flexibility index (Phi) is 5.04. The zero-order valence-corrected chi connectivity index (χ0v) is 11.6. The molecule has 0 aliphatic heterocycles. The van der Waals surface area contributed by atoms with Crippen LogP contribution in [0.2, 0.25) is 0 Å². The van der Waals surface area contributed by atoms with E-state index in [0.717, 1.165) is 31.7 Å². The molecular weight excluding hydrogens is 226 g/mol. The molecule has 0 aromatic heterocycles. The number of hydrogen-bond acceptors (Lipinski definition) is 2. The molecule has 2 unspecified atom stereocenters. The van der Waals surface area contributed by atoms with Crippen LogP contribution in [0.5, 0.6) is 0 Å². The maximum atomic E-state index is 11.3. The van der Waals surface area contributed by atoms with Crippen molar-refractivity contribution in [3.8, 4) is 0 Å². The van der Waals surface area contributed by atoms with E-state index in [1.165, 1.54) is 38.5 Å². The van der Waals surface area contributed by atoms with Crippen LogP contribution in [0.4, 0.5) is 0 Å². The van der Waals surface area contributed by atoms with Gasteiger partial charge in [-0.2, -0.15) is 0 Å². The molecular formula is C15H27NO2. The third kappa shape index (κ3) is 3.47. The fourth-order valence-corrected chi connectivity index (χ4v) is 3.84. The minimum Gasteiger partial charge on any atom is -0.481 e. The topological polar surface area (TPSA) is 40.5 Å². The summed E-state index contributed by atoms with van der Waals surface area (Å²) in [6.45, 7) is 1.11. The zero-order chi connectivity index (χ0) is 13.0. The molecule has 2 atom stereocenters. The third-order valence-electron chi connectivity index (χ3n) is 4.88. The lowest BCUT2D eigenvalue weighted by atomic mass is 9.82. The average Bonchev–Trinajstić information content (AvgIpc) is 2.40. The monoisotopic (exact) mass is 253 g/mol. The molecule has 2 fully saturated rings. The van der Waals surface area contributed by atoms with Gasteiger partial charge in [0.25, 0.3) is 0 Å². The molecule has 3 heteroatoms. The van der Waals surface area contributed by atoms with Gasteiger partial charge in [-0.05, 0) is 38.6 Å². The van der Waals surface area contributed by atoms with Crippen LogP contribution in [-0.2, 0) is 4.79 Å². The molecule has 0 spiro atoms. The van der Waals surface area contributed by atoms with Crippen molar-refractivity contribution < 1.29 is 9.90 Å². The molecule has 1 N–H and O–H groups in total. The van der Waals surface area contributed by atoms with Crippen molar-refractivity contribution in [1.82, 2.24) is 4.90 Å². The molecule has 2 aliphatic carbocycles. The molecule has 2 saturated carbocycles. The first-order chi connectivity index (χ1) is 8.68. The summed E-state index contributed by atoms with van der Waals surface area (Å²) in [5, 5.41) is 9.34. The number of rotatable bonds is 4. The van der Waals surface area contributed by atoms with E-state index in [0.29, 0.717) is 0 Å². The molecule has 3 nitrogen and oxygen atoms in total. The van der Waals surface area contributed by atoms with E-state index >= 15 is 0 Å². The predicted octanol–water partition coefficient (Wildman–Crippen LogP) is 3.14. The van der Waals surface area contributed by atoms with Gasteiger partial charge in [0.15, 0.2) is 0 Å². The normalized spacial score (nSPS) is 30.6. The Labute approximate surface area is 111 Å². The number of carboxylic acid groups (broad SMARTS) is 1. The lowest BCUT2D eigenvalue weighted by Crippen LogP contribution is -2.45. The van der Waals surface area contributed by atoms with E-state index in [1.807, 2.05) is 0 Å². The summed E-state index contributed by atoms with van der Waals surface area (Å²) in [4.78, 5) is 13.7. The molecule has 0 aromatic carbocycles. The molecule has 0 radical (unpaired) electrons. The van der Waals surface area contributed by atoms with Crippen molar-refractivity contribution in [3.05, 3.63) is 0 Å². The third-order valence-corrected chi connectivity index (χ3v) is 4.88. The second-order valence-corrected chi connectivity index (χ2v) is 6.24. The highest BCUT2D eigenvalue weighted by Gasteiger charge is 2.34. The van der Waals surface area contributed by atoms with Gasteiger partial charge in [-0.15, -0.1) is 0 Å². The first kappa shape index (κ1) is 13.9. The number of carbonyl (C=O) groups is 1. The lowest BCUT2D eigenvalue weighted by Gasteiger charge is -2.38. The van der Waals surface area contributed by atoms with E-state index in [-0.39, 0.29) is 12.0 Å². The molecule has 0 saturated heterocycles. The molecule has 2 aliphatic rings. The largest absolute Gasteiger partial charge is 0.481 e. The second kappa shape index (κ2) is 6.55. The smallest absolute Gasteiger partial charge is 0.308 e. The number of carboxylic acids is 1. The van der Waals surface area contributed by atoms with E-state index < -0.39 is 5.97 Å². The van der Waals surface area contributed by atoms with Gasteiger partial charge in [0, 0.05) is 12.6 Å². The number of nitrogens with zero attached hydrogens (tertiary/aromatic N) is 1. The minimum absolute atomic E-state index is 0.132. The van der Waals surface area contributed by atoms with Crippen LogP contribution in [0.1, 0.15) is 57.8 Å². The van der Waals surface area contributed by atoms with Crippen LogP contribution in [0, 0.1) is 11.8 Å². The second-order valence-electron chi connectivity index (χ2n) is 6.24. The van der Waals surface area contributed by atoms with Crippen LogP contribution >= 0.6 is 0 Å². The predicted molar refractivity (Wildman–Crippen MR) is 72.6 cm³/mol. The first-order valence-corrected chi connectivity index (χ1v) is 7.61. The summed E-state index contributed by atoms with van der Waals surface area (Å²) < 4.78 is 0. The Morgan fingerprint density at radius 1 is 1.06 bits per heavy atom. The Balaban J connectivity index is 1.88. The Morgan fingerprint density at radius 2 is 1.67 bits per heavy atom. The van der Waals surface area contributed by atoms with Gasteiger partial charge >= 0.3 is 5.97 Å². The number of aliphatic carboxylic acids is 1. The van der Waals surface area contributed by atoms with Gasteiger partial charge in [-0.25, -0.2) is 0 Å². The van der Waals surface area contributed by atoms with Gasteiger partial charge in [0.05, 0.1) is 5.92 Å². The van der Waals surface area contributed by atoms with Crippen molar-refractivity contribution in [2.45, 2.75) is 63.8 Å². The summed E-state index contributed by atoms with van der Waals surface area (Å²) in [7, 11) is 2.14. The highest BCUT2D eigenvalue weighted by Crippen LogP contribution is 2.30. The molecule has 0 heterocycles. The summed E-state index contributed by atoms with van der Waals surface area (Å²) in [6, 6.07) is 0.276. The van der Waals surface area contributed by atoms with Crippen LogP contribution in [0.15, 0.2) is 0 Å². The fourth-order valence-electron chi connectivity index (χ4n) is 3.84. The van der Waals surface area contributed by atoms with Gasteiger partial charge < -0.3 is 10.0 Å². The first-order valence-electron chi connectivity index (χ1n) is 7.61. The molecule has 0 amide bonds. The Morgan fingerprint density at radius 3 is 2.33 bits per heavy atom. The maximum absolute atomic E-state index is 11.3. The highest BCUT2D eigenvalue weighted by molar-refractivity contribution is 5.71. The van der Waals surface area contributed by atoms with Crippen molar-refractivity contribution in [2.75, 3.05) is 13.6 Å². The van der Waals surface area contributed by atoms with Gasteiger partial charge in [0.1, 0.15) is 0 Å². The molecule has 0 bridgehead atoms. The van der Waals surface area contributed by atoms with Crippen molar-refractivity contribution in [1.29, 1.82) is 0 Å². The van der Waals surface area contributed by atoms with Crippen LogP contribution in [0.25, 0.3) is 0 Å². The van der Waals surface area contributed by atoms with Crippen molar-refractivity contribution in [3.63, 3.8) is 0 Å². The summed E-state index contributed by atoms with van der Waals surface area (Å²) in [6.07, 6.45) is 11.0. The zero-order valence-electron chi connectivity index (χ0n) is 11.6. The molecule has 0 aromatic rings. The van der Waals surface area contributed by atoms with Crippen molar-refractivity contribution >= 4 is 5.97 Å². The molecule has 18 heavy (non-hydrogen) atoms. The molecule has 104 valence electrons. The quantitative estimate of drug-likeness (QED) is 0.836. The Bertz CT molecular complexity index is 274. The number of hydrogen-bond donors (Lipinski definition) is 1. The van der Waals surface area contributed by atoms with E-state index in [1.54, 1.807) is 0 Å². The minimum atomic E-state index is -0.588. The van der Waals surface area contributed by atoms with E-state index in [4.69, 9.17) is 0 Å². The summed E-state index contributed by atoms with van der Waals surface area (Å²) >= 11 is 0. The lowest BCUT2D eigenvalue weighted by molar-refractivity contribution is -0.145. The van der Waals surface area contributed by atoms with E-state index in [9.17, 15) is 9.90 Å². The average molecular weight is 253 g/mol. The van der Waals surface area contributed by atoms with Crippen LogP contribution in [-0.4, -0.2) is 35.6 Å². The van der Waals surface area contributed by atoms with Crippen LogP contribution in [0.3, 0.4) is 0 Å². The van der Waals surface area contributed by atoms with Gasteiger partial charge in [0.2, 0.25) is 0 Å². The van der Waals surface area contributed by atoms with Gasteiger partial charge in [-0.3, -0.25) is 4.79 Å². The summed E-state index contributed by atoms with van der Waals surface area (Å²) in [5.41, 5.74) is 0. The van der Waals surface area contributed by atoms with Crippen LogP contribution < -0.4 is 0 Å².